The molecular formula is C23H20N6O3S. The summed E-state index contributed by atoms with van der Waals surface area (Å²) in [6.07, 6.45) is 5.50. The zero-order valence-corrected chi connectivity index (χ0v) is 18.4. The molecule has 166 valence electrons. The number of carbonyl (C=O) groups is 1. The first-order valence-electron chi connectivity index (χ1n) is 10.5. The maximum Gasteiger partial charge on any atom is 0.234 e. The van der Waals surface area contributed by atoms with Crippen LogP contribution < -0.4 is 9.62 Å². The molecule has 5 rings (SSSR count). The van der Waals surface area contributed by atoms with Crippen molar-refractivity contribution in [2.45, 2.75) is 31.7 Å². The first-order valence-corrected chi connectivity index (χ1v) is 12.2. The van der Waals surface area contributed by atoms with Crippen LogP contribution in [0.5, 0.6) is 0 Å². The van der Waals surface area contributed by atoms with Gasteiger partial charge in [0.25, 0.3) is 0 Å². The quantitative estimate of drug-likeness (QED) is 0.494. The molecule has 1 amide bonds. The lowest BCUT2D eigenvalue weighted by Gasteiger charge is -2.18. The average molecular weight is 461 g/mol. The number of hydrogen-bond acceptors (Lipinski definition) is 6. The van der Waals surface area contributed by atoms with Gasteiger partial charge in [-0.2, -0.15) is 10.5 Å². The van der Waals surface area contributed by atoms with E-state index in [2.05, 4.69) is 26.8 Å². The zero-order chi connectivity index (χ0) is 23.2. The largest absolute Gasteiger partial charge is 0.346 e. The van der Waals surface area contributed by atoms with Gasteiger partial charge in [0.05, 0.1) is 28.9 Å². The molecule has 0 spiro atoms. The first-order chi connectivity index (χ1) is 15.9. The van der Waals surface area contributed by atoms with Crippen LogP contribution in [0.25, 0.3) is 22.2 Å². The molecule has 2 N–H and O–H groups in total. The molecule has 0 unspecified atom stereocenters. The lowest BCUT2D eigenvalue weighted by Crippen LogP contribution is -2.24. The molecule has 0 bridgehead atoms. The number of aromatic nitrogens is 2. The average Bonchev–Trinajstić information content (AvgIpc) is 3.72. The molecule has 2 saturated carbocycles. The highest BCUT2D eigenvalue weighted by Gasteiger charge is 2.47. The first kappa shape index (κ1) is 21.0. The molecule has 0 aliphatic heterocycles. The minimum Gasteiger partial charge on any atom is -0.346 e. The summed E-state index contributed by atoms with van der Waals surface area (Å²) >= 11 is 0. The number of nitriles is 2. The summed E-state index contributed by atoms with van der Waals surface area (Å²) in [7, 11) is -3.74. The number of pyridine rings is 1. The Morgan fingerprint density at radius 1 is 1.21 bits per heavy atom. The van der Waals surface area contributed by atoms with Crippen LogP contribution in [0.1, 0.15) is 31.2 Å². The molecule has 0 radical (unpaired) electrons. The minimum absolute atomic E-state index is 0.130. The zero-order valence-electron chi connectivity index (χ0n) is 17.6. The van der Waals surface area contributed by atoms with Crippen molar-refractivity contribution in [2.24, 2.45) is 5.41 Å². The molecule has 0 saturated heterocycles. The topological polar surface area (TPSA) is 143 Å². The fraction of sp³-hybridized carbons (Fsp3) is 0.304. The normalized spacial score (nSPS) is 16.5. The van der Waals surface area contributed by atoms with Crippen LogP contribution in [0.3, 0.4) is 0 Å². The number of nitrogens with one attached hydrogen (secondary N) is 2. The predicted molar refractivity (Wildman–Crippen MR) is 122 cm³/mol. The minimum atomic E-state index is -3.74. The highest BCUT2D eigenvalue weighted by molar-refractivity contribution is 7.92. The number of benzene rings is 1. The SMILES string of the molecule is N#Cc1cc(NS(=O)(=O)CC2(C#N)CC2)ccc1-c1cc(N(C=O)C2CC2)nc2[nH]ccc12. The van der Waals surface area contributed by atoms with E-state index in [1.165, 1.54) is 6.07 Å². The number of anilines is 2. The molecule has 2 aliphatic carbocycles. The van der Waals surface area contributed by atoms with Crippen molar-refractivity contribution >= 4 is 39.0 Å². The number of aromatic amines is 1. The van der Waals surface area contributed by atoms with Gasteiger partial charge >= 0.3 is 0 Å². The summed E-state index contributed by atoms with van der Waals surface area (Å²) in [5.41, 5.74) is 1.65. The second-order valence-corrected chi connectivity index (χ2v) is 10.4. The predicted octanol–water partition coefficient (Wildman–Crippen LogP) is 3.27. The number of hydrogen-bond donors (Lipinski definition) is 2. The Balaban J connectivity index is 1.52. The third-order valence-electron chi connectivity index (χ3n) is 6.09. The van der Waals surface area contributed by atoms with E-state index in [4.69, 9.17) is 0 Å². The highest BCUT2D eigenvalue weighted by Crippen LogP contribution is 2.46. The lowest BCUT2D eigenvalue weighted by molar-refractivity contribution is -0.107. The Morgan fingerprint density at radius 2 is 2.00 bits per heavy atom. The molecule has 2 aliphatic rings. The van der Waals surface area contributed by atoms with Crippen LogP contribution in [-0.4, -0.2) is 36.6 Å². The molecule has 9 nitrogen and oxygen atoms in total. The molecule has 1 aromatic carbocycles. The van der Waals surface area contributed by atoms with E-state index < -0.39 is 15.4 Å². The van der Waals surface area contributed by atoms with Gasteiger partial charge in [0.2, 0.25) is 16.4 Å². The molecule has 33 heavy (non-hydrogen) atoms. The van der Waals surface area contributed by atoms with Gasteiger partial charge in [0.1, 0.15) is 11.5 Å². The standard InChI is InChI=1S/C23H20N6O3S/c24-11-15-9-16(28-33(31,32)13-23(12-25)6-7-23)1-4-18(15)20-10-21(29(14-30)17-2-3-17)27-22-19(20)5-8-26-22/h1,4-5,8-10,14,17,28H,2-3,6-7,13H2,(H,26,27). The summed E-state index contributed by atoms with van der Waals surface area (Å²) < 4.78 is 27.6. The summed E-state index contributed by atoms with van der Waals surface area (Å²) in [6, 6.07) is 12.7. The van der Waals surface area contributed by atoms with Crippen LogP contribution in [0.4, 0.5) is 11.5 Å². The summed E-state index contributed by atoms with van der Waals surface area (Å²) in [5, 5.41) is 19.8. The Labute approximate surface area is 190 Å². The monoisotopic (exact) mass is 460 g/mol. The molecule has 2 heterocycles. The van der Waals surface area contributed by atoms with Crippen LogP contribution in [0.15, 0.2) is 36.5 Å². The number of amides is 1. The summed E-state index contributed by atoms with van der Waals surface area (Å²) in [5.74, 6) is 0.234. The number of fused-ring (bicyclic) bond motifs is 1. The van der Waals surface area contributed by atoms with Crippen molar-refractivity contribution in [1.82, 2.24) is 9.97 Å². The fourth-order valence-corrected chi connectivity index (χ4v) is 5.65. The van der Waals surface area contributed by atoms with E-state index in [0.29, 0.717) is 29.9 Å². The van der Waals surface area contributed by atoms with Crippen molar-refractivity contribution in [3.63, 3.8) is 0 Å². The van der Waals surface area contributed by atoms with Gasteiger partial charge in [0.15, 0.2) is 0 Å². The van der Waals surface area contributed by atoms with Crippen molar-refractivity contribution in [3.8, 4) is 23.3 Å². The fourth-order valence-electron chi connectivity index (χ4n) is 4.01. The molecule has 2 aromatic heterocycles. The van der Waals surface area contributed by atoms with E-state index in [0.717, 1.165) is 30.2 Å². The van der Waals surface area contributed by atoms with Crippen molar-refractivity contribution in [3.05, 3.63) is 42.1 Å². The maximum absolute atomic E-state index is 12.5. The van der Waals surface area contributed by atoms with Gasteiger partial charge in [0, 0.05) is 28.9 Å². The van der Waals surface area contributed by atoms with Crippen LogP contribution in [0.2, 0.25) is 0 Å². The number of sulfonamides is 1. The lowest BCUT2D eigenvalue weighted by atomic mass is 9.98. The van der Waals surface area contributed by atoms with Crippen molar-refractivity contribution in [1.29, 1.82) is 10.5 Å². The van der Waals surface area contributed by atoms with Gasteiger partial charge < -0.3 is 4.98 Å². The van der Waals surface area contributed by atoms with Gasteiger partial charge in [-0.3, -0.25) is 14.4 Å². The third kappa shape index (κ3) is 4.01. The molecule has 3 aromatic rings. The third-order valence-corrected chi connectivity index (χ3v) is 7.57. The molecule has 10 heteroatoms. The maximum atomic E-state index is 12.5. The summed E-state index contributed by atoms with van der Waals surface area (Å²) in [4.78, 5) is 20.9. The van der Waals surface area contributed by atoms with Crippen molar-refractivity contribution < 1.29 is 13.2 Å². The van der Waals surface area contributed by atoms with E-state index in [-0.39, 0.29) is 23.0 Å². The van der Waals surface area contributed by atoms with Crippen LogP contribution in [-0.2, 0) is 14.8 Å². The second-order valence-electron chi connectivity index (χ2n) is 8.64. The van der Waals surface area contributed by atoms with Crippen LogP contribution in [0, 0.1) is 28.1 Å². The van der Waals surface area contributed by atoms with E-state index in [1.54, 1.807) is 29.3 Å². The Morgan fingerprint density at radius 3 is 2.64 bits per heavy atom. The van der Waals surface area contributed by atoms with E-state index in [1.807, 2.05) is 6.07 Å². The highest BCUT2D eigenvalue weighted by atomic mass is 32.2. The van der Waals surface area contributed by atoms with E-state index in [9.17, 15) is 23.7 Å². The van der Waals surface area contributed by atoms with Gasteiger partial charge in [-0.15, -0.1) is 0 Å². The smallest absolute Gasteiger partial charge is 0.234 e. The van der Waals surface area contributed by atoms with Gasteiger partial charge in [-0.25, -0.2) is 13.4 Å². The second kappa shape index (κ2) is 7.61. The van der Waals surface area contributed by atoms with Crippen molar-refractivity contribution in [2.75, 3.05) is 15.4 Å². The van der Waals surface area contributed by atoms with Crippen LogP contribution >= 0.6 is 0 Å². The number of carbonyl (C=O) groups excluding carboxylic acids is 1. The Bertz CT molecular complexity index is 1460. The van der Waals surface area contributed by atoms with E-state index >= 15 is 0 Å². The number of rotatable bonds is 8. The molecule has 0 atom stereocenters. The molecule has 2 fully saturated rings. The molecular weight excluding hydrogens is 440 g/mol. The van der Waals surface area contributed by atoms with Gasteiger partial charge in [-0.05, 0) is 55.5 Å². The number of H-pyrrole nitrogens is 1. The Kier molecular flexibility index (Phi) is 4.84. The Hall–Kier alpha value is -3.89. The summed E-state index contributed by atoms with van der Waals surface area (Å²) in [6.45, 7) is 0. The van der Waals surface area contributed by atoms with Gasteiger partial charge in [-0.1, -0.05) is 6.07 Å². The number of nitrogens with zero attached hydrogens (tertiary/aromatic N) is 4.